The van der Waals surface area contributed by atoms with Gasteiger partial charge in [0.15, 0.2) is 0 Å². The highest BCUT2D eigenvalue weighted by molar-refractivity contribution is 5.99. The van der Waals surface area contributed by atoms with E-state index in [4.69, 9.17) is 4.74 Å². The first-order valence-electron chi connectivity index (χ1n) is 11.2. The lowest BCUT2D eigenvalue weighted by atomic mass is 9.85. The molecule has 0 spiro atoms. The summed E-state index contributed by atoms with van der Waals surface area (Å²) < 4.78 is 86.3. The molecule has 1 saturated heterocycles. The monoisotopic (exact) mass is 502 g/mol. The molecule has 0 bridgehead atoms. The Morgan fingerprint density at radius 1 is 0.943 bits per heavy atom. The number of carbonyl (C=O) groups is 1. The van der Waals surface area contributed by atoms with Crippen LogP contribution in [0.2, 0.25) is 0 Å². The van der Waals surface area contributed by atoms with Crippen molar-refractivity contribution >= 4 is 5.91 Å². The Balaban J connectivity index is 2.10. The lowest BCUT2D eigenvalue weighted by molar-refractivity contribution is -0.143. The van der Waals surface area contributed by atoms with Crippen molar-refractivity contribution in [3.63, 3.8) is 0 Å². The smallest absolute Gasteiger partial charge is 0.417 e. The summed E-state index contributed by atoms with van der Waals surface area (Å²) in [5.74, 6) is -1.96. The van der Waals surface area contributed by atoms with Gasteiger partial charge in [-0.15, -0.1) is 0 Å². The van der Waals surface area contributed by atoms with Crippen molar-refractivity contribution in [2.45, 2.75) is 57.0 Å². The van der Waals surface area contributed by atoms with Crippen LogP contribution in [0.4, 0.5) is 26.3 Å². The Bertz CT molecular complexity index is 1030. The Morgan fingerprint density at radius 3 is 2.06 bits per heavy atom. The van der Waals surface area contributed by atoms with Crippen LogP contribution in [0.1, 0.15) is 66.2 Å². The predicted octanol–water partition coefficient (Wildman–Crippen LogP) is 6.47. The van der Waals surface area contributed by atoms with Gasteiger partial charge < -0.3 is 10.1 Å². The molecule has 10 heteroatoms. The zero-order valence-corrected chi connectivity index (χ0v) is 19.7. The Kier molecular flexibility index (Phi) is 7.74. The number of carbonyl (C=O) groups excluding carboxylic acids is 1. The van der Waals surface area contributed by atoms with Crippen molar-refractivity contribution in [1.29, 1.82) is 0 Å². The zero-order valence-electron chi connectivity index (χ0n) is 19.7. The van der Waals surface area contributed by atoms with E-state index >= 15 is 0 Å². The number of methoxy groups -OCH3 is 1. The number of alkyl halides is 6. The second-order valence-electron chi connectivity index (χ2n) is 9.12. The SMILES string of the molecule is COc1cc(C(F)(F)F)cc(C(F)(F)F)c1C(=O)NC(c1ccccc1)C(C)(C)N1CCCCC1. The fourth-order valence-electron chi connectivity index (χ4n) is 4.57. The maximum absolute atomic E-state index is 13.9. The number of amides is 1. The number of hydrogen-bond donors (Lipinski definition) is 1. The van der Waals surface area contributed by atoms with Gasteiger partial charge >= 0.3 is 12.4 Å². The van der Waals surface area contributed by atoms with Gasteiger partial charge in [0.05, 0.1) is 29.8 Å². The molecule has 0 aliphatic carbocycles. The molecule has 1 atom stereocenters. The van der Waals surface area contributed by atoms with Crippen molar-refractivity contribution in [3.05, 3.63) is 64.7 Å². The molecule has 35 heavy (non-hydrogen) atoms. The van der Waals surface area contributed by atoms with Crippen LogP contribution in [-0.4, -0.2) is 36.5 Å². The van der Waals surface area contributed by atoms with Crippen LogP contribution >= 0.6 is 0 Å². The first-order chi connectivity index (χ1) is 16.3. The van der Waals surface area contributed by atoms with Crippen LogP contribution in [0.3, 0.4) is 0 Å². The van der Waals surface area contributed by atoms with Gasteiger partial charge in [0.2, 0.25) is 0 Å². The Labute approximate surface area is 200 Å². The largest absolute Gasteiger partial charge is 0.496 e. The third kappa shape index (κ3) is 5.91. The first kappa shape index (κ1) is 26.8. The van der Waals surface area contributed by atoms with Gasteiger partial charge in [-0.1, -0.05) is 36.8 Å². The molecule has 0 radical (unpaired) electrons. The molecular formula is C25H28F6N2O2. The number of likely N-dealkylation sites (tertiary alicyclic amines) is 1. The number of hydrogen-bond acceptors (Lipinski definition) is 3. The lowest BCUT2D eigenvalue weighted by Crippen LogP contribution is -2.55. The molecule has 0 saturated carbocycles. The molecule has 1 unspecified atom stereocenters. The third-order valence-corrected chi connectivity index (χ3v) is 6.47. The zero-order chi connectivity index (χ0) is 26.0. The van der Waals surface area contributed by atoms with E-state index in [9.17, 15) is 31.1 Å². The minimum atomic E-state index is -5.22. The van der Waals surface area contributed by atoms with E-state index in [-0.39, 0.29) is 6.07 Å². The van der Waals surface area contributed by atoms with E-state index in [0.29, 0.717) is 11.6 Å². The van der Waals surface area contributed by atoms with Crippen molar-refractivity contribution in [2.75, 3.05) is 20.2 Å². The van der Waals surface area contributed by atoms with Gasteiger partial charge in [-0.25, -0.2) is 0 Å². The van der Waals surface area contributed by atoms with Crippen LogP contribution in [-0.2, 0) is 12.4 Å². The molecule has 1 heterocycles. The van der Waals surface area contributed by atoms with Crippen LogP contribution in [0.25, 0.3) is 0 Å². The van der Waals surface area contributed by atoms with Gasteiger partial charge in [-0.05, 0) is 57.5 Å². The fraction of sp³-hybridized carbons (Fsp3) is 0.480. The normalized spacial score (nSPS) is 16.6. The van der Waals surface area contributed by atoms with Gasteiger partial charge in [0, 0.05) is 5.54 Å². The number of ether oxygens (including phenoxy) is 1. The molecule has 3 rings (SSSR count). The van der Waals surface area contributed by atoms with Crippen LogP contribution in [0.15, 0.2) is 42.5 Å². The third-order valence-electron chi connectivity index (χ3n) is 6.47. The number of rotatable bonds is 6. The molecule has 1 aliphatic rings. The van der Waals surface area contributed by atoms with Gasteiger partial charge in [-0.3, -0.25) is 9.69 Å². The topological polar surface area (TPSA) is 41.6 Å². The fourth-order valence-corrected chi connectivity index (χ4v) is 4.57. The Hall–Kier alpha value is -2.75. The number of nitrogens with zero attached hydrogens (tertiary/aromatic N) is 1. The maximum Gasteiger partial charge on any atom is 0.417 e. The molecule has 1 N–H and O–H groups in total. The minimum Gasteiger partial charge on any atom is -0.496 e. The number of piperidine rings is 1. The van der Waals surface area contributed by atoms with Crippen LogP contribution in [0, 0.1) is 0 Å². The van der Waals surface area contributed by atoms with Crippen LogP contribution in [0.5, 0.6) is 5.75 Å². The second kappa shape index (κ2) is 10.1. The first-order valence-corrected chi connectivity index (χ1v) is 11.2. The van der Waals surface area contributed by atoms with E-state index in [0.717, 1.165) is 39.5 Å². The minimum absolute atomic E-state index is 0.0509. The van der Waals surface area contributed by atoms with Crippen molar-refractivity contribution in [1.82, 2.24) is 10.2 Å². The van der Waals surface area contributed by atoms with E-state index in [2.05, 4.69) is 10.2 Å². The van der Waals surface area contributed by atoms with E-state index in [1.807, 2.05) is 13.8 Å². The molecule has 0 aromatic heterocycles. The molecular weight excluding hydrogens is 474 g/mol. The summed E-state index contributed by atoms with van der Waals surface area (Å²) >= 11 is 0. The second-order valence-corrected chi connectivity index (χ2v) is 9.12. The van der Waals surface area contributed by atoms with Gasteiger partial charge in [0.1, 0.15) is 5.75 Å². The highest BCUT2D eigenvalue weighted by Crippen LogP contribution is 2.42. The molecule has 2 aromatic rings. The summed E-state index contributed by atoms with van der Waals surface area (Å²) in [7, 11) is 0.929. The van der Waals surface area contributed by atoms with E-state index < -0.39 is 52.3 Å². The summed E-state index contributed by atoms with van der Waals surface area (Å²) in [6, 6.07) is 8.40. The summed E-state index contributed by atoms with van der Waals surface area (Å²) in [6.07, 6.45) is -7.31. The molecule has 4 nitrogen and oxygen atoms in total. The number of nitrogens with one attached hydrogen (secondary N) is 1. The van der Waals surface area contributed by atoms with Crippen molar-refractivity contribution in [3.8, 4) is 5.75 Å². The van der Waals surface area contributed by atoms with Crippen LogP contribution < -0.4 is 10.1 Å². The molecule has 1 amide bonds. The summed E-state index contributed by atoms with van der Waals surface area (Å²) in [4.78, 5) is 15.5. The summed E-state index contributed by atoms with van der Waals surface area (Å²) in [5, 5.41) is 2.69. The molecule has 192 valence electrons. The van der Waals surface area contributed by atoms with E-state index in [1.54, 1.807) is 30.3 Å². The lowest BCUT2D eigenvalue weighted by Gasteiger charge is -2.46. The molecule has 1 fully saturated rings. The quantitative estimate of drug-likeness (QED) is 0.461. The summed E-state index contributed by atoms with van der Waals surface area (Å²) in [6.45, 7) is 5.29. The predicted molar refractivity (Wildman–Crippen MR) is 119 cm³/mol. The molecule has 2 aromatic carbocycles. The van der Waals surface area contributed by atoms with E-state index in [1.165, 1.54) is 0 Å². The highest BCUT2D eigenvalue weighted by atomic mass is 19.4. The van der Waals surface area contributed by atoms with Crippen molar-refractivity contribution < 1.29 is 35.9 Å². The highest BCUT2D eigenvalue weighted by Gasteiger charge is 2.43. The average molecular weight is 502 g/mol. The standard InChI is InChI=1S/C25H28F6N2O2/c1-23(2,33-12-8-5-9-13-33)21(16-10-6-4-7-11-16)32-22(34)20-18(25(29,30)31)14-17(24(26,27)28)15-19(20)35-3/h4,6-7,10-11,14-15,21H,5,8-9,12-13H2,1-3H3,(H,32,34). The Morgan fingerprint density at radius 2 is 1.54 bits per heavy atom. The van der Waals surface area contributed by atoms with Crippen molar-refractivity contribution in [2.24, 2.45) is 0 Å². The number of halogens is 6. The molecule has 1 aliphatic heterocycles. The summed E-state index contributed by atoms with van der Waals surface area (Å²) in [5.41, 5.74) is -4.27. The maximum atomic E-state index is 13.9. The number of benzene rings is 2. The van der Waals surface area contributed by atoms with Gasteiger partial charge in [0.25, 0.3) is 5.91 Å². The average Bonchev–Trinajstić information content (AvgIpc) is 2.81. The van der Waals surface area contributed by atoms with Gasteiger partial charge in [-0.2, -0.15) is 26.3 Å².